The molecular weight excluding hydrogens is 472 g/mol. The number of primary amides is 1. The zero-order chi connectivity index (χ0) is 24.1. The number of furan rings is 1. The number of esters is 1. The Bertz CT molecular complexity index is 1210. The second-order valence-electron chi connectivity index (χ2n) is 6.68. The third-order valence-electron chi connectivity index (χ3n) is 4.42. The van der Waals surface area contributed by atoms with Crippen molar-refractivity contribution in [2.75, 3.05) is 17.7 Å². The van der Waals surface area contributed by atoms with Crippen molar-refractivity contribution < 1.29 is 23.5 Å². The van der Waals surface area contributed by atoms with E-state index in [2.05, 4.69) is 15.5 Å². The number of amides is 2. The summed E-state index contributed by atoms with van der Waals surface area (Å²) in [6.07, 6.45) is 0. The van der Waals surface area contributed by atoms with Crippen LogP contribution in [0.25, 0.3) is 0 Å². The molecule has 13 heteroatoms. The first-order valence-corrected chi connectivity index (χ1v) is 11.0. The number of benzene rings is 1. The summed E-state index contributed by atoms with van der Waals surface area (Å²) in [6.45, 7) is 2.88. The van der Waals surface area contributed by atoms with Gasteiger partial charge in [0.15, 0.2) is 5.16 Å². The highest BCUT2D eigenvalue weighted by atomic mass is 35.5. The molecule has 0 radical (unpaired) electrons. The van der Waals surface area contributed by atoms with Gasteiger partial charge in [-0.25, -0.2) is 4.79 Å². The topological polar surface area (TPSA) is 168 Å². The van der Waals surface area contributed by atoms with Crippen molar-refractivity contribution in [1.82, 2.24) is 14.8 Å². The number of aromatic nitrogens is 3. The van der Waals surface area contributed by atoms with Crippen molar-refractivity contribution in [3.63, 3.8) is 0 Å². The summed E-state index contributed by atoms with van der Waals surface area (Å²) in [6, 6.07) is 7.33. The van der Waals surface area contributed by atoms with Gasteiger partial charge >= 0.3 is 5.97 Å². The molecule has 0 atom stereocenters. The van der Waals surface area contributed by atoms with Crippen molar-refractivity contribution in [2.45, 2.75) is 31.3 Å². The summed E-state index contributed by atoms with van der Waals surface area (Å²) in [5.74, 6) is -2.02. The minimum atomic E-state index is -0.954. The molecule has 0 fully saturated rings. The number of nitrogens with zero attached hydrogens (tertiary/aromatic N) is 3. The van der Waals surface area contributed by atoms with Crippen molar-refractivity contribution in [2.24, 2.45) is 5.73 Å². The van der Waals surface area contributed by atoms with Crippen LogP contribution in [-0.4, -0.2) is 39.2 Å². The molecule has 0 saturated carbocycles. The molecule has 3 rings (SSSR count). The predicted octanol–water partition coefficient (Wildman–Crippen LogP) is 2.62. The van der Waals surface area contributed by atoms with Crippen molar-refractivity contribution in [3.05, 3.63) is 51.7 Å². The Labute approximate surface area is 197 Å². The molecule has 0 aliphatic carbocycles. The zero-order valence-corrected chi connectivity index (χ0v) is 19.3. The fraction of sp³-hybridized carbons (Fsp3) is 0.250. The lowest BCUT2D eigenvalue weighted by Gasteiger charge is -2.09. The Morgan fingerprint density at radius 3 is 2.64 bits per heavy atom. The molecule has 33 heavy (non-hydrogen) atoms. The number of nitrogen functional groups attached to an aromatic ring is 1. The van der Waals surface area contributed by atoms with E-state index in [1.54, 1.807) is 13.0 Å². The average Bonchev–Trinajstić information content (AvgIpc) is 3.27. The number of halogens is 1. The molecule has 11 nitrogen and oxygen atoms in total. The van der Waals surface area contributed by atoms with Gasteiger partial charge in [-0.05, 0) is 25.5 Å². The third-order valence-corrected chi connectivity index (χ3v) is 5.81. The predicted molar refractivity (Wildman–Crippen MR) is 122 cm³/mol. The number of aryl methyl sites for hydroxylation is 1. The van der Waals surface area contributed by atoms with Gasteiger partial charge in [0.05, 0.1) is 6.61 Å². The average molecular weight is 493 g/mol. The molecule has 2 heterocycles. The summed E-state index contributed by atoms with van der Waals surface area (Å²) >= 11 is 7.47. The second-order valence-corrected chi connectivity index (χ2v) is 8.03. The summed E-state index contributed by atoms with van der Waals surface area (Å²) in [4.78, 5) is 36.9. The summed E-state index contributed by atoms with van der Waals surface area (Å²) in [7, 11) is 0. The van der Waals surface area contributed by atoms with Crippen LogP contribution < -0.4 is 16.8 Å². The second kappa shape index (κ2) is 10.4. The van der Waals surface area contributed by atoms with Crippen LogP contribution in [0.1, 0.15) is 39.0 Å². The molecule has 0 spiro atoms. The van der Waals surface area contributed by atoms with E-state index in [1.807, 2.05) is 18.2 Å². The van der Waals surface area contributed by atoms with Crippen molar-refractivity contribution >= 4 is 53.0 Å². The monoisotopic (exact) mass is 492 g/mol. The molecular formula is C20H21ClN6O5S. The van der Waals surface area contributed by atoms with Gasteiger partial charge in [-0.15, -0.1) is 10.2 Å². The van der Waals surface area contributed by atoms with Gasteiger partial charge in [-0.1, -0.05) is 41.6 Å². The maximum Gasteiger partial charge on any atom is 0.342 e. The van der Waals surface area contributed by atoms with Crippen LogP contribution in [0.2, 0.25) is 5.02 Å². The number of thioether (sulfide) groups is 1. The highest BCUT2D eigenvalue weighted by Gasteiger charge is 2.29. The third kappa shape index (κ3) is 5.46. The number of anilines is 2. The number of nitrogens with one attached hydrogen (secondary N) is 1. The Morgan fingerprint density at radius 2 is 1.97 bits per heavy atom. The Balaban J connectivity index is 1.77. The molecule has 2 amide bonds. The molecule has 0 aliphatic rings. The Morgan fingerprint density at radius 1 is 1.24 bits per heavy atom. The van der Waals surface area contributed by atoms with Crippen LogP contribution in [0.3, 0.4) is 0 Å². The number of hydrogen-bond donors (Lipinski definition) is 3. The van der Waals surface area contributed by atoms with Gasteiger partial charge in [0.2, 0.25) is 17.7 Å². The highest BCUT2D eigenvalue weighted by molar-refractivity contribution is 7.98. The largest absolute Gasteiger partial charge is 0.462 e. The van der Waals surface area contributed by atoms with Crippen LogP contribution in [0, 0.1) is 6.92 Å². The highest BCUT2D eigenvalue weighted by Crippen LogP contribution is 2.29. The number of carbonyl (C=O) groups excluding carboxylic acids is 3. The maximum atomic E-state index is 12.7. The number of nitrogens with two attached hydrogens (primary N) is 2. The minimum Gasteiger partial charge on any atom is -0.462 e. The van der Waals surface area contributed by atoms with E-state index >= 15 is 0 Å². The van der Waals surface area contributed by atoms with E-state index in [0.717, 1.165) is 5.56 Å². The fourth-order valence-corrected chi connectivity index (χ4v) is 4.17. The standard InChI is InChI=1S/C20H21ClN6O5S/c1-3-31-18(30)14-10(2)32-17(15(14)16(22)29)24-13(28)8-27-19(23)25-26-20(27)33-9-11-6-4-5-7-12(11)21/h4-7H,3,8-9H2,1-2H3,(H2,22,29)(H2,23,25)(H,24,28). The van der Waals surface area contributed by atoms with Gasteiger partial charge in [0.1, 0.15) is 23.4 Å². The summed E-state index contributed by atoms with van der Waals surface area (Å²) in [5, 5.41) is 11.3. The summed E-state index contributed by atoms with van der Waals surface area (Å²) in [5.41, 5.74) is 11.8. The first-order chi connectivity index (χ1) is 15.7. The van der Waals surface area contributed by atoms with Crippen LogP contribution in [0.15, 0.2) is 33.8 Å². The lowest BCUT2D eigenvalue weighted by molar-refractivity contribution is -0.116. The molecule has 5 N–H and O–H groups in total. The van der Waals surface area contributed by atoms with E-state index in [1.165, 1.54) is 23.3 Å². The van der Waals surface area contributed by atoms with Gasteiger partial charge in [-0.2, -0.15) is 0 Å². The van der Waals surface area contributed by atoms with Gasteiger partial charge in [0, 0.05) is 10.8 Å². The van der Waals surface area contributed by atoms with Crippen LogP contribution >= 0.6 is 23.4 Å². The zero-order valence-electron chi connectivity index (χ0n) is 17.8. The number of carbonyl (C=O) groups is 3. The van der Waals surface area contributed by atoms with E-state index in [9.17, 15) is 14.4 Å². The minimum absolute atomic E-state index is 0.0183. The molecule has 0 bridgehead atoms. The Hall–Kier alpha value is -3.51. The maximum absolute atomic E-state index is 12.7. The normalized spacial score (nSPS) is 10.8. The van der Waals surface area contributed by atoms with E-state index < -0.39 is 17.8 Å². The van der Waals surface area contributed by atoms with Crippen LogP contribution in [0.4, 0.5) is 11.8 Å². The molecule has 2 aromatic heterocycles. The number of hydrogen-bond acceptors (Lipinski definition) is 9. The van der Waals surface area contributed by atoms with Gasteiger partial charge in [-0.3, -0.25) is 19.5 Å². The van der Waals surface area contributed by atoms with E-state index in [0.29, 0.717) is 15.9 Å². The number of rotatable bonds is 9. The summed E-state index contributed by atoms with van der Waals surface area (Å²) < 4.78 is 11.7. The number of ether oxygens (including phenoxy) is 1. The molecule has 0 saturated heterocycles. The smallest absolute Gasteiger partial charge is 0.342 e. The molecule has 174 valence electrons. The fourth-order valence-electron chi connectivity index (χ4n) is 2.94. The van der Waals surface area contributed by atoms with E-state index in [-0.39, 0.29) is 41.9 Å². The van der Waals surface area contributed by atoms with Crippen molar-refractivity contribution in [1.29, 1.82) is 0 Å². The lowest BCUT2D eigenvalue weighted by Crippen LogP contribution is -2.23. The first kappa shape index (κ1) is 24.1. The SMILES string of the molecule is CCOC(=O)c1c(C)oc(NC(=O)Cn2c(N)nnc2SCc2ccccc2Cl)c1C(N)=O. The van der Waals surface area contributed by atoms with Crippen molar-refractivity contribution in [3.8, 4) is 0 Å². The quantitative estimate of drug-likeness (QED) is 0.300. The molecule has 1 aromatic carbocycles. The molecule has 0 aliphatic heterocycles. The van der Waals surface area contributed by atoms with Gasteiger partial charge in [0.25, 0.3) is 5.91 Å². The van der Waals surface area contributed by atoms with E-state index in [4.69, 9.17) is 32.2 Å². The van der Waals surface area contributed by atoms with Crippen LogP contribution in [0.5, 0.6) is 0 Å². The lowest BCUT2D eigenvalue weighted by atomic mass is 10.1. The van der Waals surface area contributed by atoms with Gasteiger partial charge < -0.3 is 20.6 Å². The Kier molecular flexibility index (Phi) is 7.61. The first-order valence-electron chi connectivity index (χ1n) is 9.67. The molecule has 0 unspecified atom stereocenters. The van der Waals surface area contributed by atoms with Crippen LogP contribution in [-0.2, 0) is 21.8 Å². The molecule has 3 aromatic rings.